The lowest BCUT2D eigenvalue weighted by Crippen LogP contribution is -2.18. The van der Waals surface area contributed by atoms with Crippen LogP contribution in [0.25, 0.3) is 0 Å². The lowest BCUT2D eigenvalue weighted by atomic mass is 9.87. The third kappa shape index (κ3) is 4.33. The molecule has 0 N–H and O–H groups in total. The standard InChI is InChI=1S/C20H23F2NO2/c1-13-2-5-16(6-3-13)23-20-17(8-9-24)15(12-25-20)10-14-4-7-18(21)19(22)11-14/h4,7,9,11,13,16H,2-3,5-6,8,10,12H2,1H3. The second-order valence-corrected chi connectivity index (χ2v) is 7.01. The van der Waals surface area contributed by atoms with E-state index in [-0.39, 0.29) is 12.5 Å². The molecule has 1 aromatic rings. The molecule has 1 aliphatic carbocycles. The van der Waals surface area contributed by atoms with Gasteiger partial charge in [-0.15, -0.1) is 0 Å². The lowest BCUT2D eigenvalue weighted by molar-refractivity contribution is -0.107. The molecular weight excluding hydrogens is 324 g/mol. The maximum absolute atomic E-state index is 13.4. The molecule has 25 heavy (non-hydrogen) atoms. The SMILES string of the molecule is CC1CCC(N=C2OCC(Cc3ccc(F)c(F)c3)=C2CC=O)CC1. The molecule has 2 aliphatic rings. The topological polar surface area (TPSA) is 38.7 Å². The molecule has 1 aromatic carbocycles. The van der Waals surface area contributed by atoms with E-state index in [0.29, 0.717) is 24.5 Å². The fourth-order valence-corrected chi connectivity index (χ4v) is 3.50. The van der Waals surface area contributed by atoms with Gasteiger partial charge in [0.2, 0.25) is 5.90 Å². The Bertz CT molecular complexity index is 704. The normalized spacial score (nSPS) is 25.3. The number of aldehydes is 1. The summed E-state index contributed by atoms with van der Waals surface area (Å²) in [4.78, 5) is 15.8. The summed E-state index contributed by atoms with van der Waals surface area (Å²) in [5.74, 6) is -0.416. The number of hydrogen-bond acceptors (Lipinski definition) is 3. The van der Waals surface area contributed by atoms with Crippen LogP contribution in [0.1, 0.15) is 44.6 Å². The van der Waals surface area contributed by atoms with Crippen molar-refractivity contribution in [3.63, 3.8) is 0 Å². The second kappa shape index (κ2) is 7.89. The van der Waals surface area contributed by atoms with Gasteiger partial charge in [0, 0.05) is 12.0 Å². The monoisotopic (exact) mass is 347 g/mol. The fraction of sp³-hybridized carbons (Fsp3) is 0.500. The highest BCUT2D eigenvalue weighted by Gasteiger charge is 2.25. The van der Waals surface area contributed by atoms with Gasteiger partial charge in [-0.3, -0.25) is 0 Å². The van der Waals surface area contributed by atoms with Crippen molar-refractivity contribution < 1.29 is 18.3 Å². The molecule has 1 aliphatic heterocycles. The molecule has 134 valence electrons. The van der Waals surface area contributed by atoms with Crippen molar-refractivity contribution in [1.82, 2.24) is 0 Å². The van der Waals surface area contributed by atoms with Crippen LogP contribution >= 0.6 is 0 Å². The molecule has 1 fully saturated rings. The minimum Gasteiger partial charge on any atom is -0.473 e. The van der Waals surface area contributed by atoms with E-state index in [1.807, 2.05) is 0 Å². The Morgan fingerprint density at radius 2 is 1.96 bits per heavy atom. The van der Waals surface area contributed by atoms with Crippen molar-refractivity contribution in [3.8, 4) is 0 Å². The molecule has 0 saturated heterocycles. The summed E-state index contributed by atoms with van der Waals surface area (Å²) in [6.07, 6.45) is 5.92. The minimum atomic E-state index is -0.862. The third-order valence-electron chi connectivity index (χ3n) is 5.04. The molecule has 0 bridgehead atoms. The van der Waals surface area contributed by atoms with Crippen LogP contribution in [0.4, 0.5) is 8.78 Å². The lowest BCUT2D eigenvalue weighted by Gasteiger charge is -2.23. The summed E-state index contributed by atoms with van der Waals surface area (Å²) in [5.41, 5.74) is 2.38. The first-order valence-electron chi connectivity index (χ1n) is 8.86. The van der Waals surface area contributed by atoms with Crippen LogP contribution in [-0.2, 0) is 16.0 Å². The summed E-state index contributed by atoms with van der Waals surface area (Å²) >= 11 is 0. The number of nitrogens with zero attached hydrogens (tertiary/aromatic N) is 1. The van der Waals surface area contributed by atoms with Gasteiger partial charge < -0.3 is 9.53 Å². The van der Waals surface area contributed by atoms with Crippen LogP contribution < -0.4 is 0 Å². The molecule has 5 heteroatoms. The minimum absolute atomic E-state index is 0.237. The zero-order chi connectivity index (χ0) is 17.8. The van der Waals surface area contributed by atoms with Crippen LogP contribution in [-0.4, -0.2) is 24.8 Å². The Kier molecular flexibility index (Phi) is 5.61. The zero-order valence-electron chi connectivity index (χ0n) is 14.4. The summed E-state index contributed by atoms with van der Waals surface area (Å²) in [7, 11) is 0. The van der Waals surface area contributed by atoms with Crippen molar-refractivity contribution in [3.05, 3.63) is 46.5 Å². The Balaban J connectivity index is 1.79. The first-order chi connectivity index (χ1) is 12.1. The quantitative estimate of drug-likeness (QED) is 0.741. The molecule has 3 rings (SSSR count). The van der Waals surface area contributed by atoms with Crippen molar-refractivity contribution >= 4 is 12.2 Å². The fourth-order valence-electron chi connectivity index (χ4n) is 3.50. The molecule has 0 atom stereocenters. The van der Waals surface area contributed by atoms with Gasteiger partial charge in [-0.05, 0) is 61.3 Å². The van der Waals surface area contributed by atoms with Gasteiger partial charge in [0.25, 0.3) is 0 Å². The van der Waals surface area contributed by atoms with Crippen molar-refractivity contribution in [2.24, 2.45) is 10.9 Å². The molecule has 1 saturated carbocycles. The van der Waals surface area contributed by atoms with Gasteiger partial charge in [0.15, 0.2) is 11.6 Å². The van der Waals surface area contributed by atoms with Crippen LogP contribution in [0.2, 0.25) is 0 Å². The van der Waals surface area contributed by atoms with E-state index in [1.165, 1.54) is 6.07 Å². The first-order valence-corrected chi connectivity index (χ1v) is 8.86. The first kappa shape index (κ1) is 17.8. The predicted octanol–water partition coefficient (Wildman–Crippen LogP) is 4.40. The van der Waals surface area contributed by atoms with E-state index < -0.39 is 11.6 Å². The second-order valence-electron chi connectivity index (χ2n) is 7.01. The smallest absolute Gasteiger partial charge is 0.213 e. The number of benzene rings is 1. The summed E-state index contributed by atoms with van der Waals surface area (Å²) in [6, 6.07) is 4.12. The van der Waals surface area contributed by atoms with Crippen LogP contribution in [0.3, 0.4) is 0 Å². The van der Waals surface area contributed by atoms with Crippen molar-refractivity contribution in [2.45, 2.75) is 51.5 Å². The predicted molar refractivity (Wildman–Crippen MR) is 92.6 cm³/mol. The van der Waals surface area contributed by atoms with Gasteiger partial charge in [0.1, 0.15) is 12.9 Å². The maximum Gasteiger partial charge on any atom is 0.213 e. The Morgan fingerprint density at radius 1 is 1.20 bits per heavy atom. The van der Waals surface area contributed by atoms with E-state index in [0.717, 1.165) is 55.1 Å². The molecule has 0 aromatic heterocycles. The highest BCUT2D eigenvalue weighted by Crippen LogP contribution is 2.29. The summed E-state index contributed by atoms with van der Waals surface area (Å²) in [5, 5.41) is 0. The van der Waals surface area contributed by atoms with Crippen LogP contribution in [0, 0.1) is 17.6 Å². The van der Waals surface area contributed by atoms with Gasteiger partial charge in [-0.2, -0.15) is 0 Å². The van der Waals surface area contributed by atoms with E-state index >= 15 is 0 Å². The molecular formula is C20H23F2NO2. The Labute approximate surface area is 146 Å². The Hall–Kier alpha value is -2.04. The number of rotatable bonds is 5. The average molecular weight is 347 g/mol. The van der Waals surface area contributed by atoms with Gasteiger partial charge in [0.05, 0.1) is 6.04 Å². The van der Waals surface area contributed by atoms with E-state index in [9.17, 15) is 13.6 Å². The largest absolute Gasteiger partial charge is 0.473 e. The number of aliphatic imine (C=N–C) groups is 1. The molecule has 0 radical (unpaired) electrons. The van der Waals surface area contributed by atoms with Crippen molar-refractivity contribution in [1.29, 1.82) is 0 Å². The number of carbonyl (C=O) groups excluding carboxylic acids is 1. The van der Waals surface area contributed by atoms with E-state index in [4.69, 9.17) is 9.73 Å². The number of hydrogen-bond donors (Lipinski definition) is 0. The average Bonchev–Trinajstić information content (AvgIpc) is 2.95. The summed E-state index contributed by atoms with van der Waals surface area (Å²) < 4.78 is 32.2. The number of carbonyl (C=O) groups is 1. The Morgan fingerprint density at radius 3 is 2.64 bits per heavy atom. The van der Waals surface area contributed by atoms with Crippen molar-refractivity contribution in [2.75, 3.05) is 6.61 Å². The number of ether oxygens (including phenoxy) is 1. The third-order valence-corrected chi connectivity index (χ3v) is 5.04. The highest BCUT2D eigenvalue weighted by molar-refractivity contribution is 5.99. The van der Waals surface area contributed by atoms with Crippen LogP contribution in [0.5, 0.6) is 0 Å². The zero-order valence-corrected chi connectivity index (χ0v) is 14.4. The molecule has 3 nitrogen and oxygen atoms in total. The molecule has 0 amide bonds. The van der Waals surface area contributed by atoms with Gasteiger partial charge in [-0.1, -0.05) is 13.0 Å². The molecule has 1 heterocycles. The highest BCUT2D eigenvalue weighted by atomic mass is 19.2. The number of halogens is 2. The van der Waals surface area contributed by atoms with Gasteiger partial charge in [-0.25, -0.2) is 13.8 Å². The summed E-state index contributed by atoms with van der Waals surface area (Å²) in [6.45, 7) is 2.61. The van der Waals surface area contributed by atoms with E-state index in [2.05, 4.69) is 6.92 Å². The molecule has 0 spiro atoms. The van der Waals surface area contributed by atoms with E-state index in [1.54, 1.807) is 6.07 Å². The van der Waals surface area contributed by atoms with Gasteiger partial charge >= 0.3 is 0 Å². The van der Waals surface area contributed by atoms with Crippen LogP contribution in [0.15, 0.2) is 34.3 Å². The maximum atomic E-state index is 13.4. The molecule has 0 unspecified atom stereocenters.